The Labute approximate surface area is 168 Å². The monoisotopic (exact) mass is 409 g/mol. The number of aliphatic hydroxyl groups excluding tert-OH is 1. The van der Waals surface area contributed by atoms with E-state index in [1.165, 1.54) is 5.57 Å². The van der Waals surface area contributed by atoms with Crippen molar-refractivity contribution in [3.63, 3.8) is 0 Å². The molecule has 1 heterocycles. The summed E-state index contributed by atoms with van der Waals surface area (Å²) in [5.41, 5.74) is 1.27. The Morgan fingerprint density at radius 3 is 2.89 bits per heavy atom. The van der Waals surface area contributed by atoms with Gasteiger partial charge >= 0.3 is 11.9 Å². The summed E-state index contributed by atoms with van der Waals surface area (Å²) in [6, 6.07) is 0. The van der Waals surface area contributed by atoms with Gasteiger partial charge in [0.15, 0.2) is 0 Å². The van der Waals surface area contributed by atoms with Gasteiger partial charge in [0.1, 0.15) is 12.2 Å². The molecule has 3 rings (SSSR count). The lowest BCUT2D eigenvalue weighted by Crippen LogP contribution is -2.40. The van der Waals surface area contributed by atoms with E-state index >= 15 is 0 Å². The summed E-state index contributed by atoms with van der Waals surface area (Å²) < 4.78 is 11.4. The van der Waals surface area contributed by atoms with Crippen LogP contribution in [-0.4, -0.2) is 35.4 Å². The van der Waals surface area contributed by atoms with Crippen molar-refractivity contribution < 1.29 is 24.2 Å². The zero-order valence-corrected chi connectivity index (χ0v) is 17.3. The molecule has 0 aromatic heterocycles. The molecule has 3 aliphatic rings. The van der Waals surface area contributed by atoms with Gasteiger partial charge in [-0.25, -0.2) is 0 Å². The average Bonchev–Trinajstić information content (AvgIpc) is 2.66. The van der Waals surface area contributed by atoms with E-state index in [0.29, 0.717) is 18.3 Å². The highest BCUT2D eigenvalue weighted by atomic mass is 18.4. The fourth-order valence-corrected chi connectivity index (χ4v) is 4.80. The SMILES string of the molecule is C[13CH2][C@H](C)[13C](=[18O])O[C@H]1[13CH2]C[13CH]=C2[13CH]=C[13C@H](C)[C@H]([13CH2]C[13C@@H]3C[13C@@H]([18OH])C[13C](=[18O])[18O]3)[13C@H]21. The van der Waals surface area contributed by atoms with Crippen LogP contribution in [0.15, 0.2) is 23.8 Å². The van der Waals surface area contributed by atoms with E-state index in [1.807, 2.05) is 13.8 Å². The van der Waals surface area contributed by atoms with Crippen molar-refractivity contribution in [1.82, 2.24) is 0 Å². The number of carbonyl (C=O) groups excluding carboxylic acids is 2. The van der Waals surface area contributed by atoms with E-state index in [4.69, 9.17) is 9.47 Å². The molecule has 28 heavy (non-hydrogen) atoms. The number of cyclic esters (lactones) is 1. The Bertz CT molecular complexity index is 637. The summed E-state index contributed by atoms with van der Waals surface area (Å²) in [5.74, 6) is 0.426. The molecule has 1 saturated heterocycles. The zero-order valence-electron chi connectivity index (χ0n) is 17.3. The van der Waals surface area contributed by atoms with Gasteiger partial charge in [-0.3, -0.25) is 9.59 Å². The number of rotatable bonds is 6. The van der Waals surface area contributed by atoms with Crippen LogP contribution in [0.25, 0.3) is 0 Å². The summed E-state index contributed by atoms with van der Waals surface area (Å²) in [7, 11) is 0. The van der Waals surface area contributed by atoms with Crippen LogP contribution in [0.2, 0.25) is 0 Å². The zero-order chi connectivity index (χ0) is 20.3. The third-order valence-corrected chi connectivity index (χ3v) is 6.69. The summed E-state index contributed by atoms with van der Waals surface area (Å²) in [6.07, 6.45) is 10.6. The second-order valence-corrected chi connectivity index (χ2v) is 8.76. The first kappa shape index (κ1) is 21.1. The topological polar surface area (TPSA) is 72.8 Å². The Morgan fingerprint density at radius 2 is 2.18 bits per heavy atom. The van der Waals surface area contributed by atoms with Gasteiger partial charge in [0.25, 0.3) is 0 Å². The van der Waals surface area contributed by atoms with Crippen LogP contribution in [0.5, 0.6) is 0 Å². The molecule has 0 radical (unpaired) electrons. The molecule has 0 saturated carbocycles. The average molecular weight is 409 g/mol. The van der Waals surface area contributed by atoms with Gasteiger partial charge in [-0.2, -0.15) is 0 Å². The van der Waals surface area contributed by atoms with Crippen LogP contribution in [0.4, 0.5) is 0 Å². The van der Waals surface area contributed by atoms with Crippen molar-refractivity contribution in [2.75, 3.05) is 0 Å². The summed E-state index contributed by atoms with van der Waals surface area (Å²) in [6.45, 7) is 6.14. The lowest BCUT2D eigenvalue weighted by molar-refractivity contribution is -0.162. The molecule has 0 bridgehead atoms. The molecule has 5 heteroatoms. The van der Waals surface area contributed by atoms with Crippen LogP contribution < -0.4 is 0 Å². The van der Waals surface area contributed by atoms with Crippen molar-refractivity contribution in [3.05, 3.63) is 23.8 Å². The van der Waals surface area contributed by atoms with Gasteiger partial charge in [-0.15, -0.1) is 0 Å². The summed E-state index contributed by atoms with van der Waals surface area (Å²) >= 11 is 0. The van der Waals surface area contributed by atoms with Gasteiger partial charge in [-0.05, 0) is 49.5 Å². The third kappa shape index (κ3) is 4.86. The van der Waals surface area contributed by atoms with Crippen LogP contribution in [-0.2, 0) is 19.1 Å². The summed E-state index contributed by atoms with van der Waals surface area (Å²) in [5, 5.41) is 9.86. The van der Waals surface area contributed by atoms with Crippen molar-refractivity contribution in [1.29, 1.82) is 0 Å². The van der Waals surface area contributed by atoms with Gasteiger partial charge in [-0.1, -0.05) is 39.0 Å². The van der Waals surface area contributed by atoms with Gasteiger partial charge in [0.2, 0.25) is 0 Å². The van der Waals surface area contributed by atoms with E-state index in [-0.39, 0.29) is 42.4 Å². The quantitative estimate of drug-likeness (QED) is 0.409. The molecule has 5 nitrogen and oxygen atoms in total. The molecule has 156 valence electrons. The Hall–Kier alpha value is -1.62. The first-order chi connectivity index (χ1) is 13.4. The Balaban J connectivity index is 1.70. The molecule has 0 spiro atoms. The minimum Gasteiger partial charge on any atom is -0.462 e. The van der Waals surface area contributed by atoms with Crippen LogP contribution in [0, 0.1) is 23.7 Å². The number of allylic oxidation sites excluding steroid dienone is 3. The van der Waals surface area contributed by atoms with E-state index in [9.17, 15) is 14.7 Å². The van der Waals surface area contributed by atoms with Crippen molar-refractivity contribution in [3.8, 4) is 0 Å². The fraction of sp³-hybridized carbons (Fsp3) is 0.739. The number of fused-ring (bicyclic) bond motifs is 1. The van der Waals surface area contributed by atoms with Gasteiger partial charge in [0.05, 0.1) is 18.4 Å². The Morgan fingerprint density at radius 1 is 1.39 bits per heavy atom. The molecular formula is C23H34O5. The predicted molar refractivity (Wildman–Crippen MR) is 106 cm³/mol. The van der Waals surface area contributed by atoms with E-state index in [1.54, 1.807) is 0 Å². The molecule has 0 aromatic rings. The smallest absolute Gasteiger partial charge is 0.308 e. The molecule has 1 aliphatic heterocycles. The Kier molecular flexibility index (Phi) is 6.97. The van der Waals surface area contributed by atoms with Crippen LogP contribution in [0.3, 0.4) is 0 Å². The molecular weight excluding hydrogens is 375 g/mol. The second-order valence-electron chi connectivity index (χ2n) is 8.76. The lowest BCUT2D eigenvalue weighted by atomic mass is 10.1. The molecule has 2 aliphatic carbocycles. The second kappa shape index (κ2) is 9.25. The van der Waals surface area contributed by atoms with Crippen LogP contribution in [0.1, 0.15) is 65.7 Å². The first-order valence-electron chi connectivity index (χ1n) is 10.8. The standard InChI is InChI=1S/C23H34O5/c1-4-14(2)23(26)28-20-7-5-6-16-9-8-15(3)19(22(16)20)11-10-18-12-17(24)13-21(25)27-18/h6,8-9,14-15,17-20,22,24H,4-5,7,10-13H2,1-3H3/t14-,15-,17+,18+,19-,20-,22-/m0/s1/i4+1,6+1,7+1,9+1,11+1,15+1,17+1,18+1,21+1,22+1,23+1,24+2,25+2,26+2,27+2. The minimum absolute atomic E-state index is 0.0764. The largest absolute Gasteiger partial charge is 0.462 e. The van der Waals surface area contributed by atoms with Gasteiger partial charge < -0.3 is 14.6 Å². The first-order valence-corrected chi connectivity index (χ1v) is 10.8. The highest BCUT2D eigenvalue weighted by Gasteiger charge is 2.40. The number of hydrogen-bond acceptors (Lipinski definition) is 5. The van der Waals surface area contributed by atoms with E-state index in [0.717, 1.165) is 32.1 Å². The van der Waals surface area contributed by atoms with Crippen molar-refractivity contribution in [2.24, 2.45) is 23.7 Å². The maximum absolute atomic E-state index is 12.4. The predicted octanol–water partition coefficient (Wildman–Crippen LogP) is 3.95. The third-order valence-electron chi connectivity index (χ3n) is 6.69. The number of esters is 2. The minimum atomic E-state index is -0.593. The highest BCUT2D eigenvalue weighted by Crippen LogP contribution is 2.44. The maximum Gasteiger partial charge on any atom is 0.308 e. The molecule has 1 N–H and O–H groups in total. The molecule has 0 aromatic carbocycles. The summed E-state index contributed by atoms with van der Waals surface area (Å²) in [4.78, 5) is 24.1. The van der Waals surface area contributed by atoms with Crippen LogP contribution >= 0.6 is 0 Å². The van der Waals surface area contributed by atoms with E-state index < -0.39 is 6.10 Å². The maximum atomic E-state index is 12.4. The molecule has 0 unspecified atom stereocenters. The number of carbonyl (C=O) groups is 2. The number of hydrogen-bond donors (Lipinski definition) is 1. The van der Waals surface area contributed by atoms with E-state index in [2.05, 4.69) is 25.2 Å². The number of aliphatic hydroxyl groups is 1. The normalized spacial score (nSPS) is 36.1. The number of ether oxygens (including phenoxy) is 2. The van der Waals surface area contributed by atoms with Crippen molar-refractivity contribution >= 4 is 11.9 Å². The highest BCUT2D eigenvalue weighted by molar-refractivity contribution is 5.72. The molecule has 1 fully saturated rings. The fourth-order valence-electron chi connectivity index (χ4n) is 4.80. The molecule has 7 atom stereocenters. The van der Waals surface area contributed by atoms with Gasteiger partial charge in [0, 0.05) is 12.3 Å². The van der Waals surface area contributed by atoms with Crippen molar-refractivity contribution in [2.45, 2.75) is 84.0 Å². The lowest BCUT2D eigenvalue weighted by Gasteiger charge is -2.42. The molecule has 0 amide bonds.